The minimum Gasteiger partial charge on any atom is -0.506 e. The molecular formula is C8H6F2INO3. The van der Waals surface area contributed by atoms with E-state index >= 15 is 0 Å². The first-order valence-electron chi connectivity index (χ1n) is 3.80. The molecule has 0 fully saturated rings. The summed E-state index contributed by atoms with van der Waals surface area (Å²) in [6.45, 7) is 0. The molecule has 15 heavy (non-hydrogen) atoms. The number of pyridine rings is 1. The van der Waals surface area contributed by atoms with Gasteiger partial charge in [-0.15, -0.1) is 0 Å². The molecular weight excluding hydrogens is 323 g/mol. The molecule has 1 aromatic rings. The lowest BCUT2D eigenvalue weighted by Crippen LogP contribution is -2.05. The fraction of sp³-hybridized carbons (Fsp3) is 0.250. The van der Waals surface area contributed by atoms with Crippen molar-refractivity contribution in [2.75, 3.05) is 0 Å². The second-order valence-corrected chi connectivity index (χ2v) is 3.73. The molecule has 0 saturated heterocycles. The van der Waals surface area contributed by atoms with E-state index in [-0.39, 0.29) is 9.39 Å². The Balaban J connectivity index is 3.13. The first-order valence-corrected chi connectivity index (χ1v) is 4.88. The summed E-state index contributed by atoms with van der Waals surface area (Å²) in [6, 6.07) is 0.845. The number of carbonyl (C=O) groups is 1. The first-order chi connectivity index (χ1) is 6.91. The molecule has 0 aliphatic heterocycles. The van der Waals surface area contributed by atoms with Crippen LogP contribution in [0.5, 0.6) is 5.75 Å². The average Bonchev–Trinajstić information content (AvgIpc) is 2.09. The Morgan fingerprint density at radius 2 is 2.20 bits per heavy atom. The zero-order valence-corrected chi connectivity index (χ0v) is 9.40. The summed E-state index contributed by atoms with van der Waals surface area (Å²) < 4.78 is 24.7. The van der Waals surface area contributed by atoms with Crippen molar-refractivity contribution in [1.29, 1.82) is 0 Å². The van der Waals surface area contributed by atoms with Crippen LogP contribution in [0.25, 0.3) is 0 Å². The van der Waals surface area contributed by atoms with Gasteiger partial charge in [-0.05, 0) is 28.7 Å². The van der Waals surface area contributed by atoms with Crippen LogP contribution in [0.4, 0.5) is 8.78 Å². The minimum absolute atomic E-state index is 0.00310. The molecule has 4 nitrogen and oxygen atoms in total. The van der Waals surface area contributed by atoms with Crippen molar-refractivity contribution < 1.29 is 23.8 Å². The number of aliphatic carboxylic acids is 1. The maximum Gasteiger partial charge on any atom is 0.309 e. The summed E-state index contributed by atoms with van der Waals surface area (Å²) in [5.41, 5.74) is -0.515. The van der Waals surface area contributed by atoms with Gasteiger partial charge < -0.3 is 10.2 Å². The third kappa shape index (κ3) is 2.98. The highest BCUT2D eigenvalue weighted by atomic mass is 127. The predicted octanol–water partition coefficient (Wildman–Crippen LogP) is 1.96. The molecule has 0 radical (unpaired) electrons. The van der Waals surface area contributed by atoms with Crippen LogP contribution < -0.4 is 0 Å². The Morgan fingerprint density at radius 1 is 1.60 bits per heavy atom. The molecule has 2 N–H and O–H groups in total. The van der Waals surface area contributed by atoms with Gasteiger partial charge in [-0.3, -0.25) is 4.79 Å². The summed E-state index contributed by atoms with van der Waals surface area (Å²) >= 11 is 1.57. The number of halogens is 3. The van der Waals surface area contributed by atoms with Crippen molar-refractivity contribution in [2.24, 2.45) is 0 Å². The maximum atomic E-state index is 12.3. The van der Waals surface area contributed by atoms with Gasteiger partial charge in [-0.25, -0.2) is 13.8 Å². The van der Waals surface area contributed by atoms with Gasteiger partial charge in [0.15, 0.2) is 0 Å². The van der Waals surface area contributed by atoms with Crippen LogP contribution in [0, 0.1) is 3.70 Å². The zero-order chi connectivity index (χ0) is 11.6. The van der Waals surface area contributed by atoms with Crippen molar-refractivity contribution in [3.05, 3.63) is 21.0 Å². The lowest BCUT2D eigenvalue weighted by molar-refractivity contribution is -0.136. The lowest BCUT2D eigenvalue weighted by Gasteiger charge is -2.06. The highest BCUT2D eigenvalue weighted by molar-refractivity contribution is 14.1. The number of nitrogens with zero attached hydrogens (tertiary/aromatic N) is 1. The molecule has 0 unspecified atom stereocenters. The number of hydrogen-bond donors (Lipinski definition) is 2. The smallest absolute Gasteiger partial charge is 0.309 e. The van der Waals surface area contributed by atoms with E-state index < -0.39 is 30.1 Å². The maximum absolute atomic E-state index is 12.3. The fourth-order valence-electron chi connectivity index (χ4n) is 0.957. The van der Waals surface area contributed by atoms with Gasteiger partial charge in [0, 0.05) is 0 Å². The van der Waals surface area contributed by atoms with Crippen molar-refractivity contribution >= 4 is 28.6 Å². The first kappa shape index (κ1) is 12.1. The van der Waals surface area contributed by atoms with Crippen LogP contribution in [-0.4, -0.2) is 21.2 Å². The van der Waals surface area contributed by atoms with Crippen LogP contribution in [-0.2, 0) is 11.2 Å². The van der Waals surface area contributed by atoms with Crippen LogP contribution >= 0.6 is 22.6 Å². The van der Waals surface area contributed by atoms with E-state index in [4.69, 9.17) is 5.11 Å². The highest BCUT2D eigenvalue weighted by Gasteiger charge is 2.17. The lowest BCUT2D eigenvalue weighted by atomic mass is 10.2. The second kappa shape index (κ2) is 4.69. The molecule has 0 amide bonds. The van der Waals surface area contributed by atoms with Gasteiger partial charge in [0.05, 0.1) is 17.7 Å². The molecule has 0 saturated carbocycles. The van der Waals surface area contributed by atoms with Crippen molar-refractivity contribution in [3.8, 4) is 5.75 Å². The Bertz CT molecular complexity index is 398. The van der Waals surface area contributed by atoms with E-state index in [1.165, 1.54) is 0 Å². The summed E-state index contributed by atoms with van der Waals surface area (Å²) in [6.07, 6.45) is -3.24. The van der Waals surface area contributed by atoms with E-state index in [0.29, 0.717) is 0 Å². The quantitative estimate of drug-likeness (QED) is 0.657. The summed E-state index contributed by atoms with van der Waals surface area (Å²) in [5.74, 6) is -1.70. The van der Waals surface area contributed by atoms with Crippen LogP contribution in [0.3, 0.4) is 0 Å². The minimum atomic E-state index is -2.74. The molecule has 0 aliphatic rings. The van der Waals surface area contributed by atoms with Crippen molar-refractivity contribution in [2.45, 2.75) is 12.8 Å². The van der Waals surface area contributed by atoms with Gasteiger partial charge in [-0.1, -0.05) is 0 Å². The Morgan fingerprint density at radius 3 is 2.67 bits per heavy atom. The Labute approximate surface area is 97.1 Å². The van der Waals surface area contributed by atoms with Gasteiger partial charge >= 0.3 is 5.97 Å². The number of carboxylic acids is 1. The zero-order valence-electron chi connectivity index (χ0n) is 7.25. The summed E-state index contributed by atoms with van der Waals surface area (Å²) in [4.78, 5) is 14.0. The van der Waals surface area contributed by atoms with E-state index in [2.05, 4.69) is 4.98 Å². The fourth-order valence-corrected chi connectivity index (χ4v) is 1.64. The van der Waals surface area contributed by atoms with E-state index in [0.717, 1.165) is 6.07 Å². The monoisotopic (exact) mass is 329 g/mol. The van der Waals surface area contributed by atoms with Crippen molar-refractivity contribution in [3.63, 3.8) is 0 Å². The molecule has 7 heteroatoms. The third-order valence-electron chi connectivity index (χ3n) is 1.61. The Hall–Kier alpha value is -0.990. The van der Waals surface area contributed by atoms with E-state index in [1.807, 2.05) is 0 Å². The molecule has 1 aromatic heterocycles. The molecule has 0 bridgehead atoms. The summed E-state index contributed by atoms with van der Waals surface area (Å²) in [7, 11) is 0. The molecule has 0 aliphatic carbocycles. The van der Waals surface area contributed by atoms with Crippen LogP contribution in [0.1, 0.15) is 17.7 Å². The topological polar surface area (TPSA) is 70.4 Å². The molecule has 1 rings (SSSR count). The number of hydrogen-bond acceptors (Lipinski definition) is 3. The number of aromatic nitrogens is 1. The predicted molar refractivity (Wildman–Crippen MR) is 54.9 cm³/mol. The standard InChI is InChI=1S/C8H6F2INO3/c9-7(10)3-1-5(13)4(2-6(14)15)12-8(3)11/h1,7,13H,2H2,(H,14,15). The number of rotatable bonds is 3. The Kier molecular flexibility index (Phi) is 3.77. The molecule has 0 aromatic carbocycles. The number of alkyl halides is 2. The molecule has 0 atom stereocenters. The second-order valence-electron chi connectivity index (χ2n) is 2.71. The van der Waals surface area contributed by atoms with Crippen LogP contribution in [0.15, 0.2) is 6.07 Å². The SMILES string of the molecule is O=C(O)Cc1nc(I)c(C(F)F)cc1O. The van der Waals surface area contributed by atoms with Crippen molar-refractivity contribution in [1.82, 2.24) is 4.98 Å². The average molecular weight is 329 g/mol. The normalized spacial score (nSPS) is 10.7. The number of carboxylic acid groups (broad SMARTS) is 1. The summed E-state index contributed by atoms with van der Waals surface area (Å²) in [5, 5.41) is 17.7. The third-order valence-corrected chi connectivity index (χ3v) is 2.48. The molecule has 0 spiro atoms. The van der Waals surface area contributed by atoms with Gasteiger partial charge in [0.25, 0.3) is 6.43 Å². The van der Waals surface area contributed by atoms with Gasteiger partial charge in [-0.2, -0.15) is 0 Å². The van der Waals surface area contributed by atoms with Gasteiger partial charge in [0.1, 0.15) is 9.45 Å². The van der Waals surface area contributed by atoms with Crippen LogP contribution in [0.2, 0.25) is 0 Å². The van der Waals surface area contributed by atoms with E-state index in [1.54, 1.807) is 22.6 Å². The van der Waals surface area contributed by atoms with Gasteiger partial charge in [0.2, 0.25) is 0 Å². The molecule has 82 valence electrons. The number of aromatic hydroxyl groups is 1. The highest BCUT2D eigenvalue weighted by Crippen LogP contribution is 2.28. The van der Waals surface area contributed by atoms with E-state index in [9.17, 15) is 18.7 Å². The largest absolute Gasteiger partial charge is 0.506 e. The molecule has 1 heterocycles.